The van der Waals surface area contributed by atoms with Gasteiger partial charge in [-0.3, -0.25) is 9.89 Å². The van der Waals surface area contributed by atoms with Crippen LogP contribution in [0.3, 0.4) is 0 Å². The zero-order valence-corrected chi connectivity index (χ0v) is 13.8. The smallest absolute Gasteiger partial charge is 0.255 e. The summed E-state index contributed by atoms with van der Waals surface area (Å²) >= 11 is 0. The van der Waals surface area contributed by atoms with E-state index in [2.05, 4.69) is 26.2 Å². The van der Waals surface area contributed by atoms with E-state index in [-0.39, 0.29) is 17.0 Å². The molecule has 3 aromatic rings. The van der Waals surface area contributed by atoms with Crippen LogP contribution in [0.2, 0.25) is 0 Å². The third kappa shape index (κ3) is 3.52. The van der Waals surface area contributed by atoms with Gasteiger partial charge in [-0.1, -0.05) is 24.1 Å². The Balaban J connectivity index is 1.87. The number of hydrogen-bond donors (Lipinski definition) is 3. The van der Waals surface area contributed by atoms with Gasteiger partial charge in [0.1, 0.15) is 0 Å². The molecule has 0 saturated carbocycles. The molecule has 3 N–H and O–H groups in total. The number of carbonyl (C=O) groups is 1. The van der Waals surface area contributed by atoms with Crippen molar-refractivity contribution in [2.75, 3.05) is 11.9 Å². The van der Waals surface area contributed by atoms with Crippen LogP contribution >= 0.6 is 0 Å². The lowest BCUT2D eigenvalue weighted by Crippen LogP contribution is -2.24. The largest absolute Gasteiger partial charge is 0.320 e. The molecular weight excluding hydrogens is 340 g/mol. The molecule has 1 heterocycles. The molecule has 0 fully saturated rings. The van der Waals surface area contributed by atoms with Crippen LogP contribution in [-0.4, -0.2) is 31.1 Å². The molecule has 0 saturated heterocycles. The maximum absolute atomic E-state index is 12.5. The van der Waals surface area contributed by atoms with Crippen molar-refractivity contribution in [2.45, 2.75) is 4.90 Å². The fourth-order valence-corrected chi connectivity index (χ4v) is 3.27. The SMILES string of the molecule is C#CCNS(=O)(=O)c1cccc(C(=O)Nc2cccc3cn[nH]c23)c1. The number of benzene rings is 2. The molecule has 0 aliphatic carbocycles. The molecular formula is C17H14N4O3S. The summed E-state index contributed by atoms with van der Waals surface area (Å²) < 4.78 is 26.5. The number of nitrogens with zero attached hydrogens (tertiary/aromatic N) is 1. The summed E-state index contributed by atoms with van der Waals surface area (Å²) in [6.07, 6.45) is 6.71. The number of carbonyl (C=O) groups excluding carboxylic acids is 1. The third-order valence-corrected chi connectivity index (χ3v) is 4.89. The molecule has 8 heteroatoms. The Labute approximate surface area is 144 Å². The molecule has 0 bridgehead atoms. The normalized spacial score (nSPS) is 11.2. The predicted molar refractivity (Wildman–Crippen MR) is 94.5 cm³/mol. The van der Waals surface area contributed by atoms with Crippen LogP contribution in [-0.2, 0) is 10.0 Å². The fourth-order valence-electron chi connectivity index (χ4n) is 2.29. The topological polar surface area (TPSA) is 104 Å². The molecule has 126 valence electrons. The van der Waals surface area contributed by atoms with Gasteiger partial charge in [-0.25, -0.2) is 8.42 Å². The highest BCUT2D eigenvalue weighted by Crippen LogP contribution is 2.21. The minimum absolute atomic E-state index is 0.0323. The first-order valence-electron chi connectivity index (χ1n) is 7.28. The van der Waals surface area contributed by atoms with Crippen LogP contribution in [0.1, 0.15) is 10.4 Å². The Kier molecular flexibility index (Phi) is 4.52. The molecule has 0 atom stereocenters. The van der Waals surface area contributed by atoms with Gasteiger partial charge in [0, 0.05) is 10.9 Å². The second kappa shape index (κ2) is 6.76. The average molecular weight is 354 g/mol. The number of para-hydroxylation sites is 1. The predicted octanol–water partition coefficient (Wildman–Crippen LogP) is 1.73. The summed E-state index contributed by atoms with van der Waals surface area (Å²) in [6, 6.07) is 11.1. The lowest BCUT2D eigenvalue weighted by molar-refractivity contribution is 0.102. The quantitative estimate of drug-likeness (QED) is 0.607. The van der Waals surface area contributed by atoms with Crippen LogP contribution in [0.15, 0.2) is 53.6 Å². The van der Waals surface area contributed by atoms with E-state index in [4.69, 9.17) is 6.42 Å². The van der Waals surface area contributed by atoms with E-state index in [0.717, 1.165) is 5.39 Å². The number of anilines is 1. The summed E-state index contributed by atoms with van der Waals surface area (Å²) in [6.45, 7) is -0.124. The number of rotatable bonds is 5. The molecule has 3 rings (SSSR count). The minimum atomic E-state index is -3.77. The van der Waals surface area contributed by atoms with Gasteiger partial charge >= 0.3 is 0 Å². The molecule has 1 amide bonds. The van der Waals surface area contributed by atoms with E-state index in [1.165, 1.54) is 24.3 Å². The van der Waals surface area contributed by atoms with Crippen molar-refractivity contribution >= 4 is 32.5 Å². The zero-order valence-electron chi connectivity index (χ0n) is 13.0. The van der Waals surface area contributed by atoms with Crippen LogP contribution in [0.4, 0.5) is 5.69 Å². The molecule has 0 unspecified atom stereocenters. The summed E-state index contributed by atoms with van der Waals surface area (Å²) in [5.41, 5.74) is 1.45. The monoisotopic (exact) mass is 354 g/mol. The van der Waals surface area contributed by atoms with E-state index in [9.17, 15) is 13.2 Å². The molecule has 25 heavy (non-hydrogen) atoms. The lowest BCUT2D eigenvalue weighted by Gasteiger charge is -2.08. The maximum Gasteiger partial charge on any atom is 0.255 e. The number of nitrogens with one attached hydrogen (secondary N) is 3. The van der Waals surface area contributed by atoms with Crippen LogP contribution in [0, 0.1) is 12.3 Å². The van der Waals surface area contributed by atoms with Gasteiger partial charge in [-0.2, -0.15) is 9.82 Å². The highest BCUT2D eigenvalue weighted by Gasteiger charge is 2.16. The van der Waals surface area contributed by atoms with Gasteiger partial charge in [0.2, 0.25) is 10.0 Å². The number of H-pyrrole nitrogens is 1. The van der Waals surface area contributed by atoms with Gasteiger partial charge in [-0.05, 0) is 24.3 Å². The van der Waals surface area contributed by atoms with E-state index >= 15 is 0 Å². The molecule has 7 nitrogen and oxygen atoms in total. The molecule has 0 aliphatic heterocycles. The van der Waals surface area contributed by atoms with Crippen molar-refractivity contribution < 1.29 is 13.2 Å². The van der Waals surface area contributed by atoms with Gasteiger partial charge in [0.15, 0.2) is 0 Å². The molecule has 0 aliphatic rings. The van der Waals surface area contributed by atoms with Crippen molar-refractivity contribution in [3.05, 3.63) is 54.2 Å². The van der Waals surface area contributed by atoms with Gasteiger partial charge in [-0.15, -0.1) is 6.42 Å². The molecule has 0 radical (unpaired) electrons. The first kappa shape index (κ1) is 16.7. The van der Waals surface area contributed by atoms with Crippen LogP contribution in [0.5, 0.6) is 0 Å². The second-order valence-corrected chi connectivity index (χ2v) is 6.92. The van der Waals surface area contributed by atoms with Crippen molar-refractivity contribution in [3.63, 3.8) is 0 Å². The van der Waals surface area contributed by atoms with E-state index in [1.807, 2.05) is 6.07 Å². The van der Waals surface area contributed by atoms with Crippen molar-refractivity contribution in [1.82, 2.24) is 14.9 Å². The second-order valence-electron chi connectivity index (χ2n) is 5.15. The fraction of sp³-hybridized carbons (Fsp3) is 0.0588. The Morgan fingerprint density at radius 2 is 2.04 bits per heavy atom. The number of terminal acetylenes is 1. The van der Waals surface area contributed by atoms with Crippen LogP contribution < -0.4 is 10.0 Å². The maximum atomic E-state index is 12.5. The van der Waals surface area contributed by atoms with E-state index in [1.54, 1.807) is 18.3 Å². The van der Waals surface area contributed by atoms with Crippen molar-refractivity contribution in [3.8, 4) is 12.3 Å². The van der Waals surface area contributed by atoms with E-state index < -0.39 is 15.9 Å². The Bertz CT molecular complexity index is 1080. The average Bonchev–Trinajstić information content (AvgIpc) is 3.10. The van der Waals surface area contributed by atoms with Crippen molar-refractivity contribution in [1.29, 1.82) is 0 Å². The van der Waals surface area contributed by atoms with Gasteiger partial charge in [0.25, 0.3) is 5.91 Å². The summed E-state index contributed by atoms with van der Waals surface area (Å²) in [5.74, 6) is 1.76. The Morgan fingerprint density at radius 3 is 2.84 bits per heavy atom. The summed E-state index contributed by atoms with van der Waals surface area (Å²) in [7, 11) is -3.77. The Morgan fingerprint density at radius 1 is 1.24 bits per heavy atom. The molecule has 2 aromatic carbocycles. The highest BCUT2D eigenvalue weighted by molar-refractivity contribution is 7.89. The first-order valence-corrected chi connectivity index (χ1v) is 8.76. The number of amides is 1. The first-order chi connectivity index (χ1) is 12.0. The summed E-state index contributed by atoms with van der Waals surface area (Å²) in [5, 5.41) is 10.4. The number of fused-ring (bicyclic) bond motifs is 1. The van der Waals surface area contributed by atoms with Crippen molar-refractivity contribution in [2.24, 2.45) is 0 Å². The highest BCUT2D eigenvalue weighted by atomic mass is 32.2. The van der Waals surface area contributed by atoms with Gasteiger partial charge in [0.05, 0.1) is 28.8 Å². The number of aromatic amines is 1. The van der Waals surface area contributed by atoms with Crippen LogP contribution in [0.25, 0.3) is 10.9 Å². The number of hydrogen-bond acceptors (Lipinski definition) is 4. The Hall–Kier alpha value is -3.15. The number of aromatic nitrogens is 2. The number of sulfonamides is 1. The summed E-state index contributed by atoms with van der Waals surface area (Å²) in [4.78, 5) is 12.4. The molecule has 0 spiro atoms. The van der Waals surface area contributed by atoms with E-state index in [0.29, 0.717) is 11.2 Å². The minimum Gasteiger partial charge on any atom is -0.320 e. The standard InChI is InChI=1S/C17H14N4O3S/c1-2-9-19-25(23,24)14-7-3-5-12(10-14)17(22)20-15-8-4-6-13-11-18-21-16(13)15/h1,3-8,10-11,19H,9H2,(H,18,21)(H,20,22). The third-order valence-electron chi connectivity index (χ3n) is 3.50. The lowest BCUT2D eigenvalue weighted by atomic mass is 10.2. The zero-order chi connectivity index (χ0) is 17.9. The van der Waals surface area contributed by atoms with Gasteiger partial charge < -0.3 is 5.32 Å². The molecule has 1 aromatic heterocycles.